The van der Waals surface area contributed by atoms with Gasteiger partial charge in [-0.25, -0.2) is 9.78 Å². The molecule has 0 aliphatic rings. The Hall–Kier alpha value is -2.03. The van der Waals surface area contributed by atoms with Gasteiger partial charge in [-0.1, -0.05) is 11.8 Å². The van der Waals surface area contributed by atoms with Crippen molar-refractivity contribution in [2.45, 2.75) is 25.0 Å². The minimum Gasteiger partial charge on any atom is -0.383 e. The number of thioether (sulfide) groups is 1. The zero-order valence-electron chi connectivity index (χ0n) is 10.5. The normalized spacial score (nSPS) is 10.3. The Labute approximate surface area is 113 Å². The van der Waals surface area contributed by atoms with Gasteiger partial charge in [0.05, 0.1) is 5.75 Å². The Morgan fingerprint density at radius 3 is 2.79 bits per heavy atom. The molecule has 0 aliphatic heterocycles. The third-order valence-electron chi connectivity index (χ3n) is 1.75. The molecule has 0 aliphatic carbocycles. The molecule has 0 spiro atoms. The van der Waals surface area contributed by atoms with Crippen LogP contribution in [0.5, 0.6) is 0 Å². The number of imide groups is 1. The summed E-state index contributed by atoms with van der Waals surface area (Å²) in [7, 11) is 0. The summed E-state index contributed by atoms with van der Waals surface area (Å²) in [5.41, 5.74) is 5.00. The zero-order chi connectivity index (χ0) is 14.4. The maximum Gasteiger partial charge on any atom is 0.321 e. The van der Waals surface area contributed by atoms with Crippen molar-refractivity contribution in [2.75, 3.05) is 11.5 Å². The molecule has 9 heteroatoms. The van der Waals surface area contributed by atoms with Gasteiger partial charge in [0.15, 0.2) is 5.16 Å². The number of rotatable bonds is 4. The average Bonchev–Trinajstić information content (AvgIpc) is 2.23. The maximum atomic E-state index is 11.4. The third-order valence-corrected chi connectivity index (χ3v) is 2.63. The molecule has 0 bridgehead atoms. The van der Waals surface area contributed by atoms with Crippen molar-refractivity contribution in [2.24, 2.45) is 0 Å². The lowest BCUT2D eigenvalue weighted by molar-refractivity contribution is -0.117. The highest BCUT2D eigenvalue weighted by molar-refractivity contribution is 7.99. The van der Waals surface area contributed by atoms with Crippen LogP contribution in [0, 0.1) is 0 Å². The van der Waals surface area contributed by atoms with Gasteiger partial charge in [0, 0.05) is 12.1 Å². The molecule has 0 saturated heterocycles. The van der Waals surface area contributed by atoms with Crippen molar-refractivity contribution in [1.29, 1.82) is 0 Å². The number of hydrogen-bond donors (Lipinski definition) is 4. The van der Waals surface area contributed by atoms with Crippen molar-refractivity contribution in [3.05, 3.63) is 16.4 Å². The number of nitrogen functional groups attached to an aromatic ring is 1. The van der Waals surface area contributed by atoms with Crippen LogP contribution in [0.2, 0.25) is 0 Å². The van der Waals surface area contributed by atoms with Crippen molar-refractivity contribution in [3.63, 3.8) is 0 Å². The van der Waals surface area contributed by atoms with E-state index in [1.54, 1.807) is 13.8 Å². The first kappa shape index (κ1) is 15.0. The highest BCUT2D eigenvalue weighted by atomic mass is 32.2. The molecule has 5 N–H and O–H groups in total. The first-order chi connectivity index (χ1) is 8.86. The summed E-state index contributed by atoms with van der Waals surface area (Å²) < 4.78 is 0. The van der Waals surface area contributed by atoms with Gasteiger partial charge >= 0.3 is 6.03 Å². The number of urea groups is 1. The maximum absolute atomic E-state index is 11.4. The van der Waals surface area contributed by atoms with Gasteiger partial charge in [0.1, 0.15) is 5.82 Å². The molecule has 1 rings (SSSR count). The van der Waals surface area contributed by atoms with E-state index in [1.807, 2.05) is 0 Å². The molecule has 8 nitrogen and oxygen atoms in total. The quantitative estimate of drug-likeness (QED) is 0.443. The van der Waals surface area contributed by atoms with Crippen molar-refractivity contribution < 1.29 is 9.59 Å². The summed E-state index contributed by atoms with van der Waals surface area (Å²) >= 11 is 0.979. The summed E-state index contributed by atoms with van der Waals surface area (Å²) in [4.78, 5) is 40.0. The van der Waals surface area contributed by atoms with Gasteiger partial charge in [0.2, 0.25) is 5.91 Å². The number of H-pyrrole nitrogens is 1. The lowest BCUT2D eigenvalue weighted by atomic mass is 10.4. The number of nitrogens with two attached hydrogens (primary N) is 1. The SMILES string of the molecule is CC(C)NC(=O)NC(=O)CSc1nc(N)cc(=O)[nH]1. The number of nitrogens with one attached hydrogen (secondary N) is 3. The van der Waals surface area contributed by atoms with E-state index >= 15 is 0 Å². The second-order valence-electron chi connectivity index (χ2n) is 3.94. The highest BCUT2D eigenvalue weighted by Crippen LogP contribution is 2.10. The van der Waals surface area contributed by atoms with Crippen LogP contribution in [0.4, 0.5) is 10.6 Å². The summed E-state index contributed by atoms with van der Waals surface area (Å²) in [5.74, 6) is -0.477. The topological polar surface area (TPSA) is 130 Å². The number of hydrogen-bond acceptors (Lipinski definition) is 6. The van der Waals surface area contributed by atoms with Crippen LogP contribution < -0.4 is 21.9 Å². The molecule has 104 valence electrons. The lowest BCUT2D eigenvalue weighted by Gasteiger charge is -2.08. The van der Waals surface area contributed by atoms with E-state index in [2.05, 4.69) is 20.6 Å². The predicted molar refractivity (Wildman–Crippen MR) is 71.8 cm³/mol. The van der Waals surface area contributed by atoms with Gasteiger partial charge in [-0.05, 0) is 13.8 Å². The van der Waals surface area contributed by atoms with Crippen LogP contribution in [0.3, 0.4) is 0 Å². The van der Waals surface area contributed by atoms with Crippen molar-refractivity contribution in [1.82, 2.24) is 20.6 Å². The molecule has 1 heterocycles. The van der Waals surface area contributed by atoms with Crippen LogP contribution in [0.25, 0.3) is 0 Å². The smallest absolute Gasteiger partial charge is 0.321 e. The standard InChI is InChI=1S/C10H15N5O3S/c1-5(2)12-9(18)14-8(17)4-19-10-13-6(11)3-7(16)15-10/h3,5H,4H2,1-2H3,(H3,11,13,15,16)(H2,12,14,17,18). The summed E-state index contributed by atoms with van der Waals surface area (Å²) in [6.07, 6.45) is 0. The van der Waals surface area contributed by atoms with Crippen LogP contribution >= 0.6 is 11.8 Å². The fraction of sp³-hybridized carbons (Fsp3) is 0.400. The predicted octanol–water partition coefficient (Wildman–Crippen LogP) is -0.322. The largest absolute Gasteiger partial charge is 0.383 e. The molecule has 0 radical (unpaired) electrons. The van der Waals surface area contributed by atoms with Crippen LogP contribution in [-0.2, 0) is 4.79 Å². The molecule has 1 aromatic heterocycles. The van der Waals surface area contributed by atoms with Gasteiger partial charge in [-0.15, -0.1) is 0 Å². The molecule has 0 atom stereocenters. The molecule has 3 amide bonds. The van der Waals surface area contributed by atoms with Gasteiger partial charge in [-0.2, -0.15) is 0 Å². The fourth-order valence-electron chi connectivity index (χ4n) is 1.12. The van der Waals surface area contributed by atoms with Crippen molar-refractivity contribution >= 4 is 29.5 Å². The number of carbonyl (C=O) groups excluding carboxylic acids is 2. The van der Waals surface area contributed by atoms with Gasteiger partial charge in [-0.3, -0.25) is 14.9 Å². The second-order valence-corrected chi connectivity index (χ2v) is 4.90. The molecule has 0 aromatic carbocycles. The average molecular weight is 285 g/mol. The molecular weight excluding hydrogens is 270 g/mol. The van der Waals surface area contributed by atoms with E-state index < -0.39 is 17.5 Å². The Kier molecular flexibility index (Phi) is 5.37. The Morgan fingerprint density at radius 2 is 2.21 bits per heavy atom. The highest BCUT2D eigenvalue weighted by Gasteiger charge is 2.10. The van der Waals surface area contributed by atoms with Gasteiger partial charge < -0.3 is 16.0 Å². The van der Waals surface area contributed by atoms with E-state index in [0.29, 0.717) is 0 Å². The van der Waals surface area contributed by atoms with E-state index in [1.165, 1.54) is 0 Å². The number of aromatic nitrogens is 2. The monoisotopic (exact) mass is 285 g/mol. The number of carbonyl (C=O) groups is 2. The van der Waals surface area contributed by atoms with Gasteiger partial charge in [0.25, 0.3) is 5.56 Å². The molecule has 19 heavy (non-hydrogen) atoms. The molecular formula is C10H15N5O3S. The number of aromatic amines is 1. The Bertz CT molecular complexity index is 528. The van der Waals surface area contributed by atoms with E-state index in [4.69, 9.17) is 5.73 Å². The molecule has 1 aromatic rings. The zero-order valence-corrected chi connectivity index (χ0v) is 11.3. The molecule has 0 saturated carbocycles. The molecule has 0 fully saturated rings. The minimum absolute atomic E-state index is 0.0576. The Morgan fingerprint density at radius 1 is 1.53 bits per heavy atom. The summed E-state index contributed by atoms with van der Waals surface area (Å²) in [6.45, 7) is 3.56. The number of amides is 3. The summed E-state index contributed by atoms with van der Waals surface area (Å²) in [6, 6.07) is 0.516. The van der Waals surface area contributed by atoms with Crippen LogP contribution in [-0.4, -0.2) is 33.7 Å². The van der Waals surface area contributed by atoms with Crippen molar-refractivity contribution in [3.8, 4) is 0 Å². The van der Waals surface area contributed by atoms with E-state index in [0.717, 1.165) is 17.8 Å². The van der Waals surface area contributed by atoms with E-state index in [-0.39, 0.29) is 22.8 Å². The Balaban J connectivity index is 2.46. The minimum atomic E-state index is -0.561. The second kappa shape index (κ2) is 6.78. The fourth-order valence-corrected chi connectivity index (χ4v) is 1.80. The van der Waals surface area contributed by atoms with Crippen LogP contribution in [0.15, 0.2) is 16.0 Å². The molecule has 0 unspecified atom stereocenters. The van der Waals surface area contributed by atoms with Crippen LogP contribution in [0.1, 0.15) is 13.8 Å². The summed E-state index contributed by atoms with van der Waals surface area (Å²) in [5, 5.41) is 4.89. The lowest BCUT2D eigenvalue weighted by Crippen LogP contribution is -2.43. The third kappa shape index (κ3) is 5.91. The number of anilines is 1. The first-order valence-electron chi connectivity index (χ1n) is 5.47. The number of nitrogens with zero attached hydrogens (tertiary/aromatic N) is 1. The first-order valence-corrected chi connectivity index (χ1v) is 6.45. The van der Waals surface area contributed by atoms with E-state index in [9.17, 15) is 14.4 Å².